The minimum Gasteiger partial charge on any atom is -0.481 e. The topological polar surface area (TPSA) is 89.9 Å². The fraction of sp³-hybridized carbons (Fsp3) is 0.833. The molecular weight excluding hydrogens is 236 g/mol. The molecule has 0 saturated carbocycles. The van der Waals surface area contributed by atoms with Crippen LogP contribution in [0.1, 0.15) is 33.1 Å². The van der Waals surface area contributed by atoms with E-state index in [-0.39, 0.29) is 30.5 Å². The average Bonchev–Trinajstić information content (AvgIpc) is 2.30. The van der Waals surface area contributed by atoms with Gasteiger partial charge in [0.25, 0.3) is 0 Å². The number of aliphatic hydroxyl groups excluding tert-OH is 1. The largest absolute Gasteiger partial charge is 0.481 e. The number of aliphatic carboxylic acids is 1. The number of carbonyl (C=O) groups is 2. The van der Waals surface area contributed by atoms with Gasteiger partial charge in [0.15, 0.2) is 0 Å². The van der Waals surface area contributed by atoms with Crippen LogP contribution < -0.4 is 5.32 Å². The number of rotatable bonds is 4. The van der Waals surface area contributed by atoms with Crippen molar-refractivity contribution in [2.24, 2.45) is 5.92 Å². The van der Waals surface area contributed by atoms with Crippen LogP contribution in [0.5, 0.6) is 0 Å². The van der Waals surface area contributed by atoms with Gasteiger partial charge in [0, 0.05) is 25.6 Å². The number of nitrogens with zero attached hydrogens (tertiary/aromatic N) is 1. The highest BCUT2D eigenvalue weighted by Crippen LogP contribution is 2.16. The van der Waals surface area contributed by atoms with Crippen molar-refractivity contribution in [2.45, 2.75) is 45.3 Å². The number of carbonyl (C=O) groups excluding carboxylic acids is 1. The second-order valence-electron chi connectivity index (χ2n) is 5.06. The second kappa shape index (κ2) is 6.58. The molecule has 1 rings (SSSR count). The zero-order valence-electron chi connectivity index (χ0n) is 10.9. The molecule has 0 aromatic heterocycles. The molecule has 1 saturated heterocycles. The molecule has 0 bridgehead atoms. The summed E-state index contributed by atoms with van der Waals surface area (Å²) in [6.07, 6.45) is 0.736. The molecule has 6 nitrogen and oxygen atoms in total. The Hall–Kier alpha value is -1.30. The first-order chi connectivity index (χ1) is 8.40. The lowest BCUT2D eigenvalue weighted by atomic mass is 9.97. The smallest absolute Gasteiger partial charge is 0.317 e. The Labute approximate surface area is 107 Å². The van der Waals surface area contributed by atoms with E-state index < -0.39 is 5.97 Å². The van der Waals surface area contributed by atoms with Gasteiger partial charge in [0.05, 0.1) is 6.10 Å². The molecule has 3 unspecified atom stereocenters. The van der Waals surface area contributed by atoms with Crippen molar-refractivity contribution < 1.29 is 19.8 Å². The maximum atomic E-state index is 11.9. The molecule has 0 radical (unpaired) electrons. The fourth-order valence-electron chi connectivity index (χ4n) is 2.03. The summed E-state index contributed by atoms with van der Waals surface area (Å²) in [7, 11) is 0. The van der Waals surface area contributed by atoms with E-state index in [9.17, 15) is 14.7 Å². The predicted molar refractivity (Wildman–Crippen MR) is 66.2 cm³/mol. The molecule has 104 valence electrons. The van der Waals surface area contributed by atoms with Crippen LogP contribution in [0.2, 0.25) is 0 Å². The number of aliphatic hydroxyl groups is 1. The SMILES string of the molecule is CC(CCC(=O)O)NC(=O)N1CCC(O)C(C)C1. The van der Waals surface area contributed by atoms with Crippen LogP contribution in [0.25, 0.3) is 0 Å². The molecule has 2 amide bonds. The lowest BCUT2D eigenvalue weighted by Gasteiger charge is -2.35. The molecule has 0 spiro atoms. The van der Waals surface area contributed by atoms with Crippen molar-refractivity contribution in [3.05, 3.63) is 0 Å². The zero-order chi connectivity index (χ0) is 13.7. The van der Waals surface area contributed by atoms with Gasteiger partial charge in [-0.3, -0.25) is 4.79 Å². The Morgan fingerprint density at radius 1 is 1.50 bits per heavy atom. The van der Waals surface area contributed by atoms with Crippen molar-refractivity contribution in [2.75, 3.05) is 13.1 Å². The second-order valence-corrected chi connectivity index (χ2v) is 5.06. The van der Waals surface area contributed by atoms with Crippen LogP contribution in [0.15, 0.2) is 0 Å². The molecular formula is C12H22N2O4. The van der Waals surface area contributed by atoms with Crippen molar-refractivity contribution in [3.63, 3.8) is 0 Å². The molecule has 0 aromatic rings. The predicted octanol–water partition coefficient (Wildman–Crippen LogP) is 0.652. The number of nitrogens with one attached hydrogen (secondary N) is 1. The van der Waals surface area contributed by atoms with Gasteiger partial charge < -0.3 is 20.4 Å². The van der Waals surface area contributed by atoms with Crippen LogP contribution >= 0.6 is 0 Å². The van der Waals surface area contributed by atoms with Crippen LogP contribution in [0, 0.1) is 5.92 Å². The number of likely N-dealkylation sites (tertiary alicyclic amines) is 1. The van der Waals surface area contributed by atoms with Gasteiger partial charge in [-0.1, -0.05) is 6.92 Å². The van der Waals surface area contributed by atoms with Crippen molar-refractivity contribution in [3.8, 4) is 0 Å². The summed E-state index contributed by atoms with van der Waals surface area (Å²) in [5, 5.41) is 20.9. The van der Waals surface area contributed by atoms with E-state index in [1.165, 1.54) is 0 Å². The van der Waals surface area contributed by atoms with E-state index >= 15 is 0 Å². The van der Waals surface area contributed by atoms with E-state index in [1.54, 1.807) is 11.8 Å². The van der Waals surface area contributed by atoms with Crippen molar-refractivity contribution >= 4 is 12.0 Å². The van der Waals surface area contributed by atoms with E-state index in [1.807, 2.05) is 6.92 Å². The highest BCUT2D eigenvalue weighted by atomic mass is 16.4. The molecule has 0 aliphatic carbocycles. The standard InChI is InChI=1S/C12H22N2O4/c1-8-7-14(6-5-10(8)15)12(18)13-9(2)3-4-11(16)17/h8-10,15H,3-7H2,1-2H3,(H,13,18)(H,16,17). The lowest BCUT2D eigenvalue weighted by molar-refractivity contribution is -0.137. The maximum absolute atomic E-state index is 11.9. The van der Waals surface area contributed by atoms with Crippen LogP contribution in [-0.4, -0.2) is 52.3 Å². The third-order valence-electron chi connectivity index (χ3n) is 3.31. The Morgan fingerprint density at radius 2 is 2.17 bits per heavy atom. The monoisotopic (exact) mass is 258 g/mol. The number of carboxylic acid groups (broad SMARTS) is 1. The Balaban J connectivity index is 2.34. The van der Waals surface area contributed by atoms with Crippen LogP contribution in [0.3, 0.4) is 0 Å². The summed E-state index contributed by atoms with van der Waals surface area (Å²) in [6, 6.07) is -0.331. The summed E-state index contributed by atoms with van der Waals surface area (Å²) in [5.41, 5.74) is 0. The molecule has 3 atom stereocenters. The number of amides is 2. The van der Waals surface area contributed by atoms with Gasteiger partial charge >= 0.3 is 12.0 Å². The number of carboxylic acids is 1. The Bertz CT molecular complexity index is 308. The highest BCUT2D eigenvalue weighted by molar-refractivity contribution is 5.74. The number of hydrogen-bond donors (Lipinski definition) is 3. The molecule has 18 heavy (non-hydrogen) atoms. The molecule has 6 heteroatoms. The number of urea groups is 1. The first-order valence-electron chi connectivity index (χ1n) is 6.35. The van der Waals surface area contributed by atoms with Crippen LogP contribution in [0.4, 0.5) is 4.79 Å². The van der Waals surface area contributed by atoms with Crippen molar-refractivity contribution in [1.82, 2.24) is 10.2 Å². The summed E-state index contributed by atoms with van der Waals surface area (Å²) >= 11 is 0. The fourth-order valence-corrected chi connectivity index (χ4v) is 2.03. The summed E-state index contributed by atoms with van der Waals surface area (Å²) in [6.45, 7) is 4.79. The van der Waals surface area contributed by atoms with Gasteiger partial charge in [0.2, 0.25) is 0 Å². The lowest BCUT2D eigenvalue weighted by Crippen LogP contribution is -2.50. The van der Waals surface area contributed by atoms with E-state index in [0.29, 0.717) is 25.9 Å². The van der Waals surface area contributed by atoms with Gasteiger partial charge in [-0.25, -0.2) is 4.79 Å². The van der Waals surface area contributed by atoms with Gasteiger partial charge in [-0.15, -0.1) is 0 Å². The molecule has 3 N–H and O–H groups in total. The Kier molecular flexibility index (Phi) is 5.40. The number of piperidine rings is 1. The first kappa shape index (κ1) is 14.8. The zero-order valence-corrected chi connectivity index (χ0v) is 10.9. The van der Waals surface area contributed by atoms with Gasteiger partial charge in [-0.2, -0.15) is 0 Å². The van der Waals surface area contributed by atoms with Gasteiger partial charge in [-0.05, 0) is 25.7 Å². The van der Waals surface area contributed by atoms with Crippen LogP contribution in [-0.2, 0) is 4.79 Å². The normalized spacial score (nSPS) is 25.6. The minimum absolute atomic E-state index is 0.0521. The maximum Gasteiger partial charge on any atom is 0.317 e. The summed E-state index contributed by atoms with van der Waals surface area (Å²) in [4.78, 5) is 24.0. The van der Waals surface area contributed by atoms with Gasteiger partial charge in [0.1, 0.15) is 0 Å². The summed E-state index contributed by atoms with van der Waals surface area (Å²) < 4.78 is 0. The Morgan fingerprint density at radius 3 is 2.72 bits per heavy atom. The number of hydrogen-bond acceptors (Lipinski definition) is 3. The third-order valence-corrected chi connectivity index (χ3v) is 3.31. The quantitative estimate of drug-likeness (QED) is 0.690. The van der Waals surface area contributed by atoms with E-state index in [0.717, 1.165) is 0 Å². The highest BCUT2D eigenvalue weighted by Gasteiger charge is 2.27. The average molecular weight is 258 g/mol. The van der Waals surface area contributed by atoms with E-state index in [4.69, 9.17) is 5.11 Å². The third kappa shape index (κ3) is 4.52. The molecule has 1 heterocycles. The molecule has 1 fully saturated rings. The molecule has 0 aromatic carbocycles. The van der Waals surface area contributed by atoms with E-state index in [2.05, 4.69) is 5.32 Å². The minimum atomic E-state index is -0.856. The first-order valence-corrected chi connectivity index (χ1v) is 6.35. The summed E-state index contributed by atoms with van der Waals surface area (Å²) in [5.74, 6) is -0.773. The van der Waals surface area contributed by atoms with Crippen molar-refractivity contribution in [1.29, 1.82) is 0 Å². The molecule has 1 aliphatic heterocycles. The molecule has 1 aliphatic rings.